The van der Waals surface area contributed by atoms with Crippen molar-refractivity contribution in [1.29, 1.82) is 0 Å². The monoisotopic (exact) mass is 227 g/mol. The molecule has 0 rings (SSSR count). The maximum absolute atomic E-state index is 11.3. The first kappa shape index (κ1) is 15.5. The fourth-order valence-electron chi connectivity index (χ4n) is 1.59. The molecule has 0 spiro atoms. The third-order valence-corrected chi connectivity index (χ3v) is 2.64. The number of esters is 1. The molecule has 2 nitrogen and oxygen atoms in total. The van der Waals surface area contributed by atoms with E-state index >= 15 is 0 Å². The summed E-state index contributed by atoms with van der Waals surface area (Å²) in [5, 5.41) is 0. The van der Waals surface area contributed by atoms with Crippen molar-refractivity contribution >= 4 is 5.97 Å². The summed E-state index contributed by atoms with van der Waals surface area (Å²) in [6.07, 6.45) is 10.7. The van der Waals surface area contributed by atoms with Gasteiger partial charge in [-0.3, -0.25) is 4.79 Å². The third-order valence-electron chi connectivity index (χ3n) is 2.64. The molecule has 0 aromatic heterocycles. The Bertz CT molecular complexity index is 155. The summed E-state index contributed by atoms with van der Waals surface area (Å²) in [7, 11) is 0. The molecule has 0 aliphatic carbocycles. The quantitative estimate of drug-likeness (QED) is 0.389. The highest BCUT2D eigenvalue weighted by molar-refractivity contribution is 5.69. The SMILES string of the molecule is [CH2]CCCCCCCC(=O)OCCCCC. The molecule has 2 heteroatoms. The molecule has 0 unspecified atom stereocenters. The van der Waals surface area contributed by atoms with E-state index in [0.29, 0.717) is 13.0 Å². The largest absolute Gasteiger partial charge is 0.466 e. The number of hydrogen-bond donors (Lipinski definition) is 0. The molecule has 0 saturated carbocycles. The van der Waals surface area contributed by atoms with Crippen LogP contribution in [0, 0.1) is 6.92 Å². The van der Waals surface area contributed by atoms with E-state index in [4.69, 9.17) is 4.74 Å². The minimum absolute atomic E-state index is 0.0201. The molecule has 0 amide bonds. The Kier molecular flexibility index (Phi) is 12.1. The van der Waals surface area contributed by atoms with E-state index < -0.39 is 0 Å². The highest BCUT2D eigenvalue weighted by Gasteiger charge is 2.01. The van der Waals surface area contributed by atoms with Crippen LogP contribution >= 0.6 is 0 Å². The summed E-state index contributed by atoms with van der Waals surface area (Å²) in [6.45, 7) is 6.56. The molecule has 95 valence electrons. The fourth-order valence-corrected chi connectivity index (χ4v) is 1.59. The van der Waals surface area contributed by atoms with Crippen LogP contribution in [-0.2, 0) is 9.53 Å². The van der Waals surface area contributed by atoms with Crippen molar-refractivity contribution in [3.05, 3.63) is 6.92 Å². The molecule has 16 heavy (non-hydrogen) atoms. The first-order valence-corrected chi connectivity index (χ1v) is 6.76. The smallest absolute Gasteiger partial charge is 0.305 e. The Morgan fingerprint density at radius 3 is 2.38 bits per heavy atom. The molecule has 0 aliphatic rings. The van der Waals surface area contributed by atoms with Gasteiger partial charge in [-0.25, -0.2) is 0 Å². The number of carbonyl (C=O) groups is 1. The predicted octanol–water partition coefficient (Wildman–Crippen LogP) is 4.28. The maximum atomic E-state index is 11.3. The van der Waals surface area contributed by atoms with Gasteiger partial charge in [-0.15, -0.1) is 0 Å². The summed E-state index contributed by atoms with van der Waals surface area (Å²) < 4.78 is 5.12. The van der Waals surface area contributed by atoms with Gasteiger partial charge in [0, 0.05) is 6.42 Å². The molecular weight excluding hydrogens is 200 g/mol. The van der Waals surface area contributed by atoms with Crippen LogP contribution < -0.4 is 0 Å². The van der Waals surface area contributed by atoms with Crippen LogP contribution in [0.4, 0.5) is 0 Å². The topological polar surface area (TPSA) is 26.3 Å². The molecular formula is C14H27O2. The van der Waals surface area contributed by atoms with Crippen LogP contribution in [0.1, 0.15) is 71.1 Å². The number of hydrogen-bond acceptors (Lipinski definition) is 2. The van der Waals surface area contributed by atoms with E-state index in [1.54, 1.807) is 0 Å². The van der Waals surface area contributed by atoms with Crippen LogP contribution in [0.3, 0.4) is 0 Å². The molecule has 0 heterocycles. The van der Waals surface area contributed by atoms with Crippen LogP contribution in [0.2, 0.25) is 0 Å². The first-order chi connectivity index (χ1) is 7.81. The van der Waals surface area contributed by atoms with Gasteiger partial charge in [0.2, 0.25) is 0 Å². The minimum Gasteiger partial charge on any atom is -0.466 e. The van der Waals surface area contributed by atoms with E-state index in [-0.39, 0.29) is 5.97 Å². The van der Waals surface area contributed by atoms with Gasteiger partial charge in [0.1, 0.15) is 0 Å². The molecule has 1 radical (unpaired) electrons. The number of rotatable bonds is 11. The zero-order valence-corrected chi connectivity index (χ0v) is 10.8. The zero-order chi connectivity index (χ0) is 12.1. The summed E-state index contributed by atoms with van der Waals surface area (Å²) in [5.41, 5.74) is 0. The van der Waals surface area contributed by atoms with Crippen LogP contribution in [-0.4, -0.2) is 12.6 Å². The molecule has 0 saturated heterocycles. The van der Waals surface area contributed by atoms with Crippen molar-refractivity contribution in [2.75, 3.05) is 6.61 Å². The van der Waals surface area contributed by atoms with Crippen LogP contribution in [0.5, 0.6) is 0 Å². The van der Waals surface area contributed by atoms with E-state index in [1.165, 1.54) is 25.7 Å². The van der Waals surface area contributed by atoms with Crippen molar-refractivity contribution in [2.24, 2.45) is 0 Å². The normalized spacial score (nSPS) is 10.4. The molecule has 0 aromatic rings. The number of carbonyl (C=O) groups excluding carboxylic acids is 1. The van der Waals surface area contributed by atoms with Crippen molar-refractivity contribution < 1.29 is 9.53 Å². The van der Waals surface area contributed by atoms with Gasteiger partial charge >= 0.3 is 5.97 Å². The second-order valence-corrected chi connectivity index (χ2v) is 4.30. The lowest BCUT2D eigenvalue weighted by Gasteiger charge is -2.04. The van der Waals surface area contributed by atoms with Crippen molar-refractivity contribution in [3.63, 3.8) is 0 Å². The average Bonchev–Trinajstić information content (AvgIpc) is 2.29. The van der Waals surface area contributed by atoms with Gasteiger partial charge in [-0.1, -0.05) is 58.8 Å². The van der Waals surface area contributed by atoms with Crippen molar-refractivity contribution in [3.8, 4) is 0 Å². The molecule has 0 bridgehead atoms. The lowest BCUT2D eigenvalue weighted by atomic mass is 10.1. The lowest BCUT2D eigenvalue weighted by molar-refractivity contribution is -0.143. The molecule has 0 fully saturated rings. The van der Waals surface area contributed by atoms with E-state index in [9.17, 15) is 4.79 Å². The summed E-state index contributed by atoms with van der Waals surface area (Å²) in [5.74, 6) is -0.0201. The van der Waals surface area contributed by atoms with Crippen molar-refractivity contribution in [2.45, 2.75) is 71.1 Å². The van der Waals surface area contributed by atoms with Gasteiger partial charge in [0.15, 0.2) is 0 Å². The highest BCUT2D eigenvalue weighted by atomic mass is 16.5. The van der Waals surface area contributed by atoms with Crippen molar-refractivity contribution in [1.82, 2.24) is 0 Å². The summed E-state index contributed by atoms with van der Waals surface area (Å²) >= 11 is 0. The third kappa shape index (κ3) is 11.5. The minimum atomic E-state index is -0.0201. The van der Waals surface area contributed by atoms with E-state index in [2.05, 4.69) is 13.8 Å². The van der Waals surface area contributed by atoms with Gasteiger partial charge < -0.3 is 4.74 Å². The molecule has 0 aliphatic heterocycles. The predicted molar refractivity (Wildman–Crippen MR) is 68.2 cm³/mol. The van der Waals surface area contributed by atoms with Crippen LogP contribution in [0.25, 0.3) is 0 Å². The van der Waals surface area contributed by atoms with Gasteiger partial charge in [-0.2, -0.15) is 0 Å². The number of ether oxygens (including phenoxy) is 1. The maximum Gasteiger partial charge on any atom is 0.305 e. The van der Waals surface area contributed by atoms with Gasteiger partial charge in [0.05, 0.1) is 6.61 Å². The first-order valence-electron chi connectivity index (χ1n) is 6.76. The van der Waals surface area contributed by atoms with Crippen LogP contribution in [0.15, 0.2) is 0 Å². The lowest BCUT2D eigenvalue weighted by Crippen LogP contribution is -2.05. The summed E-state index contributed by atoms with van der Waals surface area (Å²) in [6, 6.07) is 0. The number of unbranched alkanes of at least 4 members (excludes halogenated alkanes) is 7. The van der Waals surface area contributed by atoms with E-state index in [0.717, 1.165) is 32.1 Å². The Hall–Kier alpha value is -0.530. The molecule has 0 atom stereocenters. The second kappa shape index (κ2) is 12.5. The van der Waals surface area contributed by atoms with Gasteiger partial charge in [0.25, 0.3) is 0 Å². The zero-order valence-electron chi connectivity index (χ0n) is 10.8. The molecule has 0 N–H and O–H groups in total. The molecule has 0 aromatic carbocycles. The Morgan fingerprint density at radius 2 is 1.69 bits per heavy atom. The van der Waals surface area contributed by atoms with E-state index in [1.807, 2.05) is 0 Å². The highest BCUT2D eigenvalue weighted by Crippen LogP contribution is 2.07. The standard InChI is InChI=1S/C14H27O2/c1-3-5-7-8-9-10-12-14(15)16-13-11-6-4-2/h1,3-13H2,2H3. The summed E-state index contributed by atoms with van der Waals surface area (Å²) in [4.78, 5) is 11.3. The Labute approximate surface area is 101 Å². The average molecular weight is 227 g/mol. The van der Waals surface area contributed by atoms with Gasteiger partial charge in [-0.05, 0) is 12.8 Å². The second-order valence-electron chi connectivity index (χ2n) is 4.30. The fraction of sp³-hybridized carbons (Fsp3) is 0.857. The Morgan fingerprint density at radius 1 is 1.00 bits per heavy atom. The Balaban J connectivity index is 3.11.